The van der Waals surface area contributed by atoms with Gasteiger partial charge < -0.3 is 19.9 Å². The molecule has 0 bridgehead atoms. The van der Waals surface area contributed by atoms with E-state index >= 15 is 0 Å². The molecule has 0 unspecified atom stereocenters. The number of nitrogens with one attached hydrogen (secondary N) is 1. The number of piperazine rings is 1. The summed E-state index contributed by atoms with van der Waals surface area (Å²) in [6.07, 6.45) is -0.393. The lowest BCUT2D eigenvalue weighted by atomic mass is 10.2. The highest BCUT2D eigenvalue weighted by molar-refractivity contribution is 5.92. The molecule has 0 radical (unpaired) electrons. The van der Waals surface area contributed by atoms with Crippen LogP contribution in [0, 0.1) is 5.95 Å². The predicted octanol–water partition coefficient (Wildman–Crippen LogP) is 1.98. The van der Waals surface area contributed by atoms with Crippen LogP contribution in [0.25, 0.3) is 0 Å². The van der Waals surface area contributed by atoms with E-state index in [-0.39, 0.29) is 17.9 Å². The van der Waals surface area contributed by atoms with E-state index in [0.29, 0.717) is 26.2 Å². The molecule has 2 rings (SSSR count). The van der Waals surface area contributed by atoms with Gasteiger partial charge in [0.2, 0.25) is 5.95 Å². The first-order chi connectivity index (χ1) is 12.2. The number of hydrogen-bond donors (Lipinski definition) is 1. The largest absolute Gasteiger partial charge is 0.444 e. The van der Waals surface area contributed by atoms with Gasteiger partial charge in [0.25, 0.3) is 5.91 Å². The lowest BCUT2D eigenvalue weighted by Gasteiger charge is -2.36. The lowest BCUT2D eigenvalue weighted by molar-refractivity contribution is 0.0240. The number of amides is 2. The van der Waals surface area contributed by atoms with Gasteiger partial charge in [-0.1, -0.05) is 0 Å². The van der Waals surface area contributed by atoms with Crippen LogP contribution in [0.15, 0.2) is 12.1 Å². The topological polar surface area (TPSA) is 74.8 Å². The zero-order valence-corrected chi connectivity index (χ0v) is 15.2. The Kier molecular flexibility index (Phi) is 6.33. The number of nitrogens with zero attached hydrogens (tertiary/aromatic N) is 3. The van der Waals surface area contributed by atoms with Crippen LogP contribution in [-0.4, -0.2) is 66.9 Å². The molecule has 2 amide bonds. The number of pyridine rings is 1. The average Bonchev–Trinajstić information content (AvgIpc) is 2.58. The number of halogens is 2. The van der Waals surface area contributed by atoms with Gasteiger partial charge >= 0.3 is 6.09 Å². The van der Waals surface area contributed by atoms with Gasteiger partial charge in [0.05, 0.1) is 5.69 Å². The molecule has 1 aliphatic heterocycles. The van der Waals surface area contributed by atoms with Crippen molar-refractivity contribution in [1.29, 1.82) is 0 Å². The Morgan fingerprint density at radius 1 is 1.23 bits per heavy atom. The molecule has 1 aliphatic rings. The van der Waals surface area contributed by atoms with Crippen molar-refractivity contribution in [1.82, 2.24) is 15.2 Å². The average molecular weight is 370 g/mol. The third-order valence-electron chi connectivity index (χ3n) is 3.71. The van der Waals surface area contributed by atoms with Crippen molar-refractivity contribution < 1.29 is 23.1 Å². The summed E-state index contributed by atoms with van der Waals surface area (Å²) in [6, 6.07) is 2.86. The third-order valence-corrected chi connectivity index (χ3v) is 3.71. The van der Waals surface area contributed by atoms with Gasteiger partial charge in [0.1, 0.15) is 18.0 Å². The molecule has 0 saturated carbocycles. The first-order valence-electron chi connectivity index (χ1n) is 8.45. The minimum atomic E-state index is -0.774. The molecule has 7 nitrogen and oxygen atoms in total. The number of anilines is 1. The molecule has 0 aromatic carbocycles. The van der Waals surface area contributed by atoms with Crippen LogP contribution in [0.1, 0.15) is 31.3 Å². The number of alkyl halides is 1. The lowest BCUT2D eigenvalue weighted by Crippen LogP contribution is -2.50. The van der Waals surface area contributed by atoms with Crippen LogP contribution >= 0.6 is 0 Å². The second kappa shape index (κ2) is 8.29. The van der Waals surface area contributed by atoms with Gasteiger partial charge in [-0.25, -0.2) is 14.2 Å². The summed E-state index contributed by atoms with van der Waals surface area (Å²) in [6.45, 7) is 6.19. The minimum Gasteiger partial charge on any atom is -0.444 e. The van der Waals surface area contributed by atoms with Crippen molar-refractivity contribution in [2.75, 3.05) is 44.3 Å². The fraction of sp³-hybridized carbons (Fsp3) is 0.588. The number of ether oxygens (including phenoxy) is 1. The van der Waals surface area contributed by atoms with E-state index in [4.69, 9.17) is 4.74 Å². The number of carbonyl (C=O) groups excluding carboxylic acids is 2. The Bertz CT molecular complexity index is 656. The maximum atomic E-state index is 14.3. The van der Waals surface area contributed by atoms with Gasteiger partial charge in [-0.3, -0.25) is 4.79 Å². The van der Waals surface area contributed by atoms with E-state index in [0.717, 1.165) is 0 Å². The summed E-state index contributed by atoms with van der Waals surface area (Å²) in [4.78, 5) is 30.7. The van der Waals surface area contributed by atoms with Gasteiger partial charge in [0.15, 0.2) is 0 Å². The van der Waals surface area contributed by atoms with Crippen LogP contribution < -0.4 is 10.2 Å². The van der Waals surface area contributed by atoms with Crippen LogP contribution in [0.3, 0.4) is 0 Å². The van der Waals surface area contributed by atoms with Crippen LogP contribution in [0.2, 0.25) is 0 Å². The zero-order valence-electron chi connectivity index (χ0n) is 15.2. The Labute approximate surface area is 151 Å². The van der Waals surface area contributed by atoms with Crippen molar-refractivity contribution in [3.63, 3.8) is 0 Å². The zero-order chi connectivity index (χ0) is 19.3. The Hall–Kier alpha value is -2.45. The fourth-order valence-electron chi connectivity index (χ4n) is 2.50. The number of rotatable bonds is 4. The van der Waals surface area contributed by atoms with Crippen LogP contribution in [-0.2, 0) is 4.74 Å². The molecule has 2 heterocycles. The highest BCUT2D eigenvalue weighted by Crippen LogP contribution is 2.21. The Morgan fingerprint density at radius 3 is 2.42 bits per heavy atom. The summed E-state index contributed by atoms with van der Waals surface area (Å²) in [7, 11) is 0. The van der Waals surface area contributed by atoms with Gasteiger partial charge in [-0.05, 0) is 32.9 Å². The molecule has 1 saturated heterocycles. The van der Waals surface area contributed by atoms with Gasteiger partial charge in [-0.2, -0.15) is 4.39 Å². The Balaban J connectivity index is 1.97. The highest BCUT2D eigenvalue weighted by atomic mass is 19.1. The second-order valence-electron chi connectivity index (χ2n) is 6.91. The molecule has 0 spiro atoms. The SMILES string of the molecule is CC(C)(C)OC(=O)N1CCN(c2ccc(C(=O)NCCF)nc2F)CC1. The van der Waals surface area contributed by atoms with Gasteiger partial charge in [0, 0.05) is 32.7 Å². The molecule has 1 aromatic rings. The molecule has 26 heavy (non-hydrogen) atoms. The van der Waals surface area contributed by atoms with Crippen molar-refractivity contribution in [2.45, 2.75) is 26.4 Å². The molecule has 1 N–H and O–H groups in total. The summed E-state index contributed by atoms with van der Waals surface area (Å²) >= 11 is 0. The summed E-state index contributed by atoms with van der Waals surface area (Å²) in [5, 5.41) is 2.30. The van der Waals surface area contributed by atoms with Crippen LogP contribution in [0.4, 0.5) is 19.3 Å². The van der Waals surface area contributed by atoms with E-state index in [1.54, 1.807) is 30.6 Å². The van der Waals surface area contributed by atoms with Gasteiger partial charge in [-0.15, -0.1) is 0 Å². The van der Waals surface area contributed by atoms with E-state index in [2.05, 4.69) is 10.3 Å². The second-order valence-corrected chi connectivity index (χ2v) is 6.91. The standard InChI is InChI=1S/C17H24F2N4O3/c1-17(2,3)26-16(25)23-10-8-22(9-11-23)13-5-4-12(21-14(13)19)15(24)20-7-6-18/h4-5H,6-11H2,1-3H3,(H,20,24). The van der Waals surface area contributed by atoms with E-state index in [1.807, 2.05) is 0 Å². The number of hydrogen-bond acceptors (Lipinski definition) is 5. The Morgan fingerprint density at radius 2 is 1.88 bits per heavy atom. The minimum absolute atomic E-state index is 0.105. The number of carbonyl (C=O) groups is 2. The van der Waals surface area contributed by atoms with Crippen molar-refractivity contribution in [3.8, 4) is 0 Å². The quantitative estimate of drug-likeness (QED) is 0.821. The maximum absolute atomic E-state index is 14.3. The van der Waals surface area contributed by atoms with Crippen molar-refractivity contribution >= 4 is 17.7 Å². The third kappa shape index (κ3) is 5.27. The summed E-state index contributed by atoms with van der Waals surface area (Å²) < 4.78 is 31.7. The normalized spacial score (nSPS) is 15.0. The molecule has 1 aromatic heterocycles. The first kappa shape index (κ1) is 19.9. The molecule has 144 valence electrons. The maximum Gasteiger partial charge on any atom is 0.410 e. The molecular weight excluding hydrogens is 346 g/mol. The van der Waals surface area contributed by atoms with Crippen molar-refractivity contribution in [3.05, 3.63) is 23.8 Å². The van der Waals surface area contributed by atoms with E-state index in [9.17, 15) is 18.4 Å². The number of aromatic nitrogens is 1. The van der Waals surface area contributed by atoms with E-state index in [1.165, 1.54) is 12.1 Å². The molecular formula is C17H24F2N4O3. The monoisotopic (exact) mass is 370 g/mol. The smallest absolute Gasteiger partial charge is 0.410 e. The molecule has 9 heteroatoms. The molecule has 0 atom stereocenters. The molecule has 0 aliphatic carbocycles. The van der Waals surface area contributed by atoms with Crippen LogP contribution in [0.5, 0.6) is 0 Å². The van der Waals surface area contributed by atoms with E-state index < -0.39 is 30.2 Å². The fourth-order valence-corrected chi connectivity index (χ4v) is 2.50. The predicted molar refractivity (Wildman–Crippen MR) is 92.5 cm³/mol. The highest BCUT2D eigenvalue weighted by Gasteiger charge is 2.27. The summed E-state index contributed by atoms with van der Waals surface area (Å²) in [5.41, 5.74) is -0.411. The first-order valence-corrected chi connectivity index (χ1v) is 8.45. The molecule has 1 fully saturated rings. The van der Waals surface area contributed by atoms with Crippen molar-refractivity contribution in [2.24, 2.45) is 0 Å². The summed E-state index contributed by atoms with van der Waals surface area (Å²) in [5.74, 6) is -1.40.